The fraction of sp³-hybridized carbons (Fsp3) is 0.333. The molecule has 134 valence electrons. The van der Waals surface area contributed by atoms with Crippen LogP contribution >= 0.6 is 0 Å². The smallest absolute Gasteiger partial charge is 0.228 e. The summed E-state index contributed by atoms with van der Waals surface area (Å²) < 4.78 is 0. The van der Waals surface area contributed by atoms with Crippen molar-refractivity contribution < 1.29 is 0 Å². The van der Waals surface area contributed by atoms with Crippen molar-refractivity contribution in [3.63, 3.8) is 0 Å². The molecule has 0 atom stereocenters. The average Bonchev–Trinajstić information content (AvgIpc) is 2.68. The average molecular weight is 350 g/mol. The van der Waals surface area contributed by atoms with Gasteiger partial charge >= 0.3 is 0 Å². The van der Waals surface area contributed by atoms with E-state index in [0.717, 1.165) is 48.8 Å². The molecule has 1 fully saturated rings. The van der Waals surface area contributed by atoms with Crippen molar-refractivity contribution in [3.05, 3.63) is 36.5 Å². The molecular weight excluding hydrogens is 328 g/mol. The van der Waals surface area contributed by atoms with Gasteiger partial charge in [-0.3, -0.25) is 0 Å². The summed E-state index contributed by atoms with van der Waals surface area (Å²) in [6.07, 6.45) is 1.80. The van der Waals surface area contributed by atoms with Gasteiger partial charge in [-0.2, -0.15) is 9.97 Å². The highest BCUT2D eigenvalue weighted by molar-refractivity contribution is 5.88. The largest absolute Gasteiger partial charge is 0.383 e. The molecule has 8 heteroatoms. The minimum Gasteiger partial charge on any atom is -0.383 e. The molecular formula is C18H22N8. The molecule has 0 bridgehead atoms. The van der Waals surface area contributed by atoms with Gasteiger partial charge in [0.2, 0.25) is 11.9 Å². The molecule has 0 unspecified atom stereocenters. The second kappa shape index (κ2) is 6.62. The summed E-state index contributed by atoms with van der Waals surface area (Å²) in [5.74, 6) is 2.88. The van der Waals surface area contributed by atoms with Gasteiger partial charge in [0, 0.05) is 51.9 Å². The van der Waals surface area contributed by atoms with Crippen molar-refractivity contribution in [2.24, 2.45) is 0 Å². The second-order valence-corrected chi connectivity index (χ2v) is 6.51. The first-order valence-corrected chi connectivity index (χ1v) is 8.64. The summed E-state index contributed by atoms with van der Waals surface area (Å²) >= 11 is 0. The Morgan fingerprint density at radius 1 is 0.923 bits per heavy atom. The number of piperazine rings is 1. The van der Waals surface area contributed by atoms with Gasteiger partial charge in [-0.1, -0.05) is 12.1 Å². The van der Waals surface area contributed by atoms with Crippen LogP contribution in [0.3, 0.4) is 0 Å². The fourth-order valence-electron chi connectivity index (χ4n) is 3.10. The standard InChI is InChI=1S/C18H22N8/c1-24(2)17-20-8-7-15(22-17)25-9-11-26(12-10-25)18-21-14-6-4-3-5-13(14)16(19)23-18/h3-8H,9-12H2,1-2H3,(H2,19,21,23). The van der Waals surface area contributed by atoms with E-state index in [1.54, 1.807) is 6.20 Å². The molecule has 0 radical (unpaired) electrons. The molecule has 3 aromatic rings. The molecule has 2 aromatic heterocycles. The Kier molecular flexibility index (Phi) is 4.16. The van der Waals surface area contributed by atoms with Gasteiger partial charge in [-0.25, -0.2) is 9.97 Å². The number of para-hydroxylation sites is 1. The first-order chi connectivity index (χ1) is 12.6. The molecule has 0 aliphatic carbocycles. The zero-order valence-electron chi connectivity index (χ0n) is 15.0. The van der Waals surface area contributed by atoms with Crippen LogP contribution in [0.5, 0.6) is 0 Å². The summed E-state index contributed by atoms with van der Waals surface area (Å²) in [6, 6.07) is 9.78. The van der Waals surface area contributed by atoms with Crippen molar-refractivity contribution in [3.8, 4) is 0 Å². The van der Waals surface area contributed by atoms with Crippen molar-refractivity contribution in [2.45, 2.75) is 0 Å². The van der Waals surface area contributed by atoms with Crippen molar-refractivity contribution >= 4 is 34.4 Å². The molecule has 0 saturated carbocycles. The predicted octanol–water partition coefficient (Wildman–Crippen LogP) is 1.39. The van der Waals surface area contributed by atoms with Gasteiger partial charge in [-0.05, 0) is 18.2 Å². The lowest BCUT2D eigenvalue weighted by atomic mass is 10.2. The van der Waals surface area contributed by atoms with Crippen LogP contribution in [0.15, 0.2) is 36.5 Å². The second-order valence-electron chi connectivity index (χ2n) is 6.51. The molecule has 1 aliphatic rings. The van der Waals surface area contributed by atoms with E-state index in [9.17, 15) is 0 Å². The summed E-state index contributed by atoms with van der Waals surface area (Å²) in [6.45, 7) is 3.33. The maximum Gasteiger partial charge on any atom is 0.228 e. The van der Waals surface area contributed by atoms with Crippen LogP contribution in [0.1, 0.15) is 0 Å². The lowest BCUT2D eigenvalue weighted by molar-refractivity contribution is 0.635. The molecule has 26 heavy (non-hydrogen) atoms. The predicted molar refractivity (Wildman–Crippen MR) is 105 cm³/mol. The van der Waals surface area contributed by atoms with Gasteiger partial charge in [0.25, 0.3) is 0 Å². The van der Waals surface area contributed by atoms with E-state index in [1.807, 2.05) is 49.3 Å². The molecule has 4 rings (SSSR count). The molecule has 0 spiro atoms. The van der Waals surface area contributed by atoms with E-state index in [4.69, 9.17) is 5.73 Å². The zero-order chi connectivity index (χ0) is 18.1. The summed E-state index contributed by atoms with van der Waals surface area (Å²) in [4.78, 5) is 24.4. The van der Waals surface area contributed by atoms with Gasteiger partial charge in [0.1, 0.15) is 11.6 Å². The Morgan fingerprint density at radius 3 is 2.42 bits per heavy atom. The van der Waals surface area contributed by atoms with Crippen LogP contribution in [0, 0.1) is 0 Å². The van der Waals surface area contributed by atoms with E-state index >= 15 is 0 Å². The monoisotopic (exact) mass is 350 g/mol. The van der Waals surface area contributed by atoms with Crippen LogP contribution in [0.4, 0.5) is 23.5 Å². The van der Waals surface area contributed by atoms with Crippen LogP contribution in [-0.2, 0) is 0 Å². The number of nitrogen functional groups attached to an aromatic ring is 1. The molecule has 0 amide bonds. The minimum absolute atomic E-state index is 0.527. The highest BCUT2D eigenvalue weighted by Crippen LogP contribution is 2.23. The van der Waals surface area contributed by atoms with Gasteiger partial charge in [0.05, 0.1) is 5.52 Å². The van der Waals surface area contributed by atoms with E-state index in [0.29, 0.717) is 11.8 Å². The number of anilines is 4. The van der Waals surface area contributed by atoms with Crippen molar-refractivity contribution in [2.75, 3.05) is 60.7 Å². The van der Waals surface area contributed by atoms with Crippen LogP contribution in [0.2, 0.25) is 0 Å². The zero-order valence-corrected chi connectivity index (χ0v) is 15.0. The van der Waals surface area contributed by atoms with E-state index in [1.165, 1.54) is 0 Å². The molecule has 2 N–H and O–H groups in total. The molecule has 8 nitrogen and oxygen atoms in total. The maximum absolute atomic E-state index is 6.12. The van der Waals surface area contributed by atoms with Gasteiger partial charge < -0.3 is 20.4 Å². The van der Waals surface area contributed by atoms with E-state index in [-0.39, 0.29) is 0 Å². The van der Waals surface area contributed by atoms with Crippen molar-refractivity contribution in [1.82, 2.24) is 19.9 Å². The highest BCUT2D eigenvalue weighted by atomic mass is 15.3. The number of fused-ring (bicyclic) bond motifs is 1. The Hall–Kier alpha value is -3.16. The number of aromatic nitrogens is 4. The highest BCUT2D eigenvalue weighted by Gasteiger charge is 2.21. The summed E-state index contributed by atoms with van der Waals surface area (Å²) in [5, 5.41) is 0.895. The number of nitrogens with zero attached hydrogens (tertiary/aromatic N) is 7. The number of nitrogens with two attached hydrogens (primary N) is 1. The SMILES string of the molecule is CN(C)c1nccc(N2CCN(c3nc(N)c4ccccc4n3)CC2)n1. The molecule has 3 heterocycles. The third-order valence-electron chi connectivity index (χ3n) is 4.54. The van der Waals surface area contributed by atoms with Gasteiger partial charge in [-0.15, -0.1) is 0 Å². The number of benzene rings is 1. The topological polar surface area (TPSA) is 87.3 Å². The van der Waals surface area contributed by atoms with E-state index < -0.39 is 0 Å². The van der Waals surface area contributed by atoms with Crippen LogP contribution in [-0.4, -0.2) is 60.2 Å². The Morgan fingerprint density at radius 2 is 1.65 bits per heavy atom. The Balaban J connectivity index is 1.51. The van der Waals surface area contributed by atoms with Crippen LogP contribution < -0.4 is 20.4 Å². The Bertz CT molecular complexity index is 918. The molecule has 1 aliphatic heterocycles. The normalized spacial score (nSPS) is 14.7. The summed E-state index contributed by atoms with van der Waals surface area (Å²) in [7, 11) is 3.89. The lowest BCUT2D eigenvalue weighted by Gasteiger charge is -2.35. The van der Waals surface area contributed by atoms with Crippen molar-refractivity contribution in [1.29, 1.82) is 0 Å². The molecule has 1 saturated heterocycles. The third-order valence-corrected chi connectivity index (χ3v) is 4.54. The lowest BCUT2D eigenvalue weighted by Crippen LogP contribution is -2.47. The van der Waals surface area contributed by atoms with Crippen LogP contribution in [0.25, 0.3) is 10.9 Å². The number of rotatable bonds is 3. The maximum atomic E-state index is 6.12. The quantitative estimate of drug-likeness (QED) is 0.758. The minimum atomic E-state index is 0.527. The fourth-order valence-corrected chi connectivity index (χ4v) is 3.10. The summed E-state index contributed by atoms with van der Waals surface area (Å²) in [5.41, 5.74) is 7.00. The first-order valence-electron chi connectivity index (χ1n) is 8.64. The Labute approximate surface area is 152 Å². The first kappa shape index (κ1) is 16.3. The molecule has 1 aromatic carbocycles. The third kappa shape index (κ3) is 3.05. The number of hydrogen-bond donors (Lipinski definition) is 1. The van der Waals surface area contributed by atoms with E-state index in [2.05, 4.69) is 29.7 Å². The number of hydrogen-bond acceptors (Lipinski definition) is 8. The van der Waals surface area contributed by atoms with Gasteiger partial charge in [0.15, 0.2) is 0 Å².